The highest BCUT2D eigenvalue weighted by atomic mass is 16.2. The van der Waals surface area contributed by atoms with Crippen molar-refractivity contribution in [3.05, 3.63) is 0 Å². The monoisotopic (exact) mass is 168 g/mol. The Hall–Kier alpha value is -0.570. The van der Waals surface area contributed by atoms with Crippen LogP contribution >= 0.6 is 0 Å². The summed E-state index contributed by atoms with van der Waals surface area (Å²) in [6.45, 7) is 3.94. The largest absolute Gasteiger partial charge is 0.353 e. The summed E-state index contributed by atoms with van der Waals surface area (Å²) in [5.74, 6) is 0.916. The van der Waals surface area contributed by atoms with E-state index in [-0.39, 0.29) is 11.4 Å². The number of hydrogen-bond acceptors (Lipinski definition) is 2. The Morgan fingerprint density at radius 2 is 2.33 bits per heavy atom. The van der Waals surface area contributed by atoms with Gasteiger partial charge in [-0.05, 0) is 25.2 Å². The van der Waals surface area contributed by atoms with Gasteiger partial charge in [-0.25, -0.2) is 0 Å². The number of carbonyl (C=O) groups is 1. The molecular weight excluding hydrogens is 152 g/mol. The Balaban J connectivity index is 2.13. The Labute approximate surface area is 72.9 Å². The Morgan fingerprint density at radius 3 is 2.92 bits per heavy atom. The molecular formula is C9H16N2O. The molecule has 12 heavy (non-hydrogen) atoms. The maximum absolute atomic E-state index is 11.6. The molecule has 1 saturated heterocycles. The summed E-state index contributed by atoms with van der Waals surface area (Å²) in [5, 5.41) is 6.30. The van der Waals surface area contributed by atoms with Crippen molar-refractivity contribution >= 4 is 5.91 Å². The van der Waals surface area contributed by atoms with Crippen molar-refractivity contribution in [2.45, 2.75) is 31.7 Å². The summed E-state index contributed by atoms with van der Waals surface area (Å²) < 4.78 is 0. The predicted molar refractivity (Wildman–Crippen MR) is 46.8 cm³/mol. The van der Waals surface area contributed by atoms with Crippen molar-refractivity contribution < 1.29 is 4.79 Å². The predicted octanol–water partition coefficient (Wildman–Crippen LogP) is 0.265. The summed E-state index contributed by atoms with van der Waals surface area (Å²) in [4.78, 5) is 11.6. The SMILES string of the molecule is CC1CCC2(C1)NCCNC2=O. The van der Waals surface area contributed by atoms with Crippen molar-refractivity contribution in [3.8, 4) is 0 Å². The molecule has 1 saturated carbocycles. The maximum atomic E-state index is 11.6. The van der Waals surface area contributed by atoms with E-state index in [4.69, 9.17) is 0 Å². The quantitative estimate of drug-likeness (QED) is 0.545. The van der Waals surface area contributed by atoms with Gasteiger partial charge in [0.05, 0.1) is 5.54 Å². The van der Waals surface area contributed by atoms with Gasteiger partial charge in [-0.3, -0.25) is 4.79 Å². The number of piperazine rings is 1. The van der Waals surface area contributed by atoms with Crippen LogP contribution in [-0.2, 0) is 4.79 Å². The van der Waals surface area contributed by atoms with Gasteiger partial charge in [0.1, 0.15) is 0 Å². The molecule has 3 nitrogen and oxygen atoms in total. The van der Waals surface area contributed by atoms with Crippen LogP contribution in [0.2, 0.25) is 0 Å². The average molecular weight is 168 g/mol. The summed E-state index contributed by atoms with van der Waals surface area (Å²) in [6, 6.07) is 0. The van der Waals surface area contributed by atoms with Gasteiger partial charge >= 0.3 is 0 Å². The molecule has 0 aromatic rings. The molecule has 1 aliphatic carbocycles. The van der Waals surface area contributed by atoms with Crippen LogP contribution in [0.25, 0.3) is 0 Å². The van der Waals surface area contributed by atoms with Gasteiger partial charge in [-0.15, -0.1) is 0 Å². The van der Waals surface area contributed by atoms with Crippen molar-refractivity contribution in [2.24, 2.45) is 5.92 Å². The minimum atomic E-state index is -0.197. The van der Waals surface area contributed by atoms with Crippen LogP contribution in [0.4, 0.5) is 0 Å². The zero-order valence-electron chi connectivity index (χ0n) is 7.52. The van der Waals surface area contributed by atoms with E-state index in [9.17, 15) is 4.79 Å². The number of amides is 1. The van der Waals surface area contributed by atoms with Crippen LogP contribution in [0.3, 0.4) is 0 Å². The van der Waals surface area contributed by atoms with E-state index in [0.717, 1.165) is 25.9 Å². The third-order valence-corrected chi connectivity index (χ3v) is 3.07. The molecule has 2 unspecified atom stereocenters. The first-order valence-corrected chi connectivity index (χ1v) is 4.76. The van der Waals surface area contributed by atoms with E-state index in [2.05, 4.69) is 17.6 Å². The van der Waals surface area contributed by atoms with E-state index < -0.39 is 0 Å². The fraction of sp³-hybridized carbons (Fsp3) is 0.889. The Bertz CT molecular complexity index is 201. The Morgan fingerprint density at radius 1 is 1.50 bits per heavy atom. The second-order valence-electron chi connectivity index (χ2n) is 4.11. The fourth-order valence-corrected chi connectivity index (χ4v) is 2.39. The lowest BCUT2D eigenvalue weighted by Crippen LogP contribution is -2.61. The Kier molecular flexibility index (Phi) is 1.83. The molecule has 0 aromatic carbocycles. The molecule has 2 atom stereocenters. The summed E-state index contributed by atoms with van der Waals surface area (Å²) in [5.41, 5.74) is -0.197. The normalized spacial score (nSPS) is 41.8. The van der Waals surface area contributed by atoms with E-state index in [0.29, 0.717) is 5.92 Å². The zero-order valence-corrected chi connectivity index (χ0v) is 7.52. The minimum absolute atomic E-state index is 0.197. The summed E-state index contributed by atoms with van der Waals surface area (Å²) in [6.07, 6.45) is 3.21. The smallest absolute Gasteiger partial charge is 0.240 e. The van der Waals surface area contributed by atoms with E-state index in [1.807, 2.05) is 0 Å². The van der Waals surface area contributed by atoms with Gasteiger partial charge in [0, 0.05) is 13.1 Å². The van der Waals surface area contributed by atoms with Crippen molar-refractivity contribution in [2.75, 3.05) is 13.1 Å². The van der Waals surface area contributed by atoms with E-state index in [1.54, 1.807) is 0 Å². The first-order chi connectivity index (χ1) is 5.73. The minimum Gasteiger partial charge on any atom is -0.353 e. The van der Waals surface area contributed by atoms with Crippen LogP contribution in [0, 0.1) is 5.92 Å². The van der Waals surface area contributed by atoms with Gasteiger partial charge in [0.2, 0.25) is 5.91 Å². The highest BCUT2D eigenvalue weighted by Crippen LogP contribution is 2.34. The van der Waals surface area contributed by atoms with Gasteiger partial charge in [0.15, 0.2) is 0 Å². The lowest BCUT2D eigenvalue weighted by molar-refractivity contribution is -0.129. The van der Waals surface area contributed by atoms with E-state index in [1.165, 1.54) is 6.42 Å². The molecule has 2 rings (SSSR count). The second kappa shape index (κ2) is 2.73. The van der Waals surface area contributed by atoms with E-state index >= 15 is 0 Å². The van der Waals surface area contributed by atoms with Gasteiger partial charge in [-0.2, -0.15) is 0 Å². The number of rotatable bonds is 0. The standard InChI is InChI=1S/C9H16N2O/c1-7-2-3-9(6-7)8(12)10-4-5-11-9/h7,11H,2-6H2,1H3,(H,10,12). The third-order valence-electron chi connectivity index (χ3n) is 3.07. The molecule has 1 spiro atoms. The number of hydrogen-bond donors (Lipinski definition) is 2. The van der Waals surface area contributed by atoms with Crippen LogP contribution in [0.15, 0.2) is 0 Å². The molecule has 0 aromatic heterocycles. The topological polar surface area (TPSA) is 41.1 Å². The van der Waals surface area contributed by atoms with Gasteiger partial charge in [0.25, 0.3) is 0 Å². The first kappa shape index (κ1) is 8.05. The highest BCUT2D eigenvalue weighted by Gasteiger charge is 2.44. The lowest BCUT2D eigenvalue weighted by atomic mass is 9.93. The van der Waals surface area contributed by atoms with Crippen molar-refractivity contribution in [1.29, 1.82) is 0 Å². The van der Waals surface area contributed by atoms with Crippen LogP contribution in [-0.4, -0.2) is 24.5 Å². The highest BCUT2D eigenvalue weighted by molar-refractivity contribution is 5.87. The van der Waals surface area contributed by atoms with Crippen LogP contribution in [0.5, 0.6) is 0 Å². The molecule has 68 valence electrons. The van der Waals surface area contributed by atoms with Crippen LogP contribution in [0.1, 0.15) is 26.2 Å². The van der Waals surface area contributed by atoms with Crippen molar-refractivity contribution in [1.82, 2.24) is 10.6 Å². The molecule has 1 heterocycles. The fourth-order valence-electron chi connectivity index (χ4n) is 2.39. The first-order valence-electron chi connectivity index (χ1n) is 4.76. The summed E-state index contributed by atoms with van der Waals surface area (Å²) in [7, 11) is 0. The van der Waals surface area contributed by atoms with Gasteiger partial charge in [-0.1, -0.05) is 6.92 Å². The second-order valence-corrected chi connectivity index (χ2v) is 4.11. The molecule has 1 amide bonds. The molecule has 2 N–H and O–H groups in total. The van der Waals surface area contributed by atoms with Crippen molar-refractivity contribution in [3.63, 3.8) is 0 Å². The molecule has 2 aliphatic rings. The van der Waals surface area contributed by atoms with Gasteiger partial charge < -0.3 is 10.6 Å². The number of carbonyl (C=O) groups excluding carboxylic acids is 1. The summed E-state index contributed by atoms with van der Waals surface area (Å²) >= 11 is 0. The zero-order chi connectivity index (χ0) is 8.60. The molecule has 3 heteroatoms. The molecule has 2 fully saturated rings. The lowest BCUT2D eigenvalue weighted by Gasteiger charge is -2.33. The third kappa shape index (κ3) is 1.12. The molecule has 0 bridgehead atoms. The maximum Gasteiger partial charge on any atom is 0.240 e. The van der Waals surface area contributed by atoms with Crippen LogP contribution < -0.4 is 10.6 Å². The molecule has 1 aliphatic heterocycles. The number of nitrogens with one attached hydrogen (secondary N) is 2. The average Bonchev–Trinajstić information content (AvgIpc) is 2.41. The molecule has 0 radical (unpaired) electrons.